The maximum absolute atomic E-state index is 11.3. The SMILES string of the molecule is COC(CO)COC(=O)Oc1ccc([N+](=O)[O-])cc1. The predicted molar refractivity (Wildman–Crippen MR) is 63.0 cm³/mol. The molecule has 0 saturated heterocycles. The van der Waals surface area contributed by atoms with Gasteiger partial charge in [0.15, 0.2) is 0 Å². The van der Waals surface area contributed by atoms with Crippen LogP contribution in [0.3, 0.4) is 0 Å². The molecule has 0 aliphatic heterocycles. The Morgan fingerprint density at radius 2 is 2.05 bits per heavy atom. The molecule has 0 bridgehead atoms. The van der Waals surface area contributed by atoms with E-state index in [0.29, 0.717) is 0 Å². The number of carbonyl (C=O) groups excluding carboxylic acids is 1. The zero-order valence-electron chi connectivity index (χ0n) is 10.1. The van der Waals surface area contributed by atoms with Crippen molar-refractivity contribution < 1.29 is 29.0 Å². The van der Waals surface area contributed by atoms with Crippen molar-refractivity contribution in [2.75, 3.05) is 20.3 Å². The first kappa shape index (κ1) is 14.9. The van der Waals surface area contributed by atoms with Crippen LogP contribution in [-0.4, -0.2) is 42.6 Å². The maximum atomic E-state index is 11.3. The van der Waals surface area contributed by atoms with Gasteiger partial charge in [-0.15, -0.1) is 0 Å². The first-order valence-electron chi connectivity index (χ1n) is 5.29. The molecule has 1 N–H and O–H groups in total. The molecular weight excluding hydrogens is 258 g/mol. The van der Waals surface area contributed by atoms with Gasteiger partial charge in [0.2, 0.25) is 0 Å². The van der Waals surface area contributed by atoms with Crippen molar-refractivity contribution in [1.82, 2.24) is 0 Å². The number of hydrogen-bond acceptors (Lipinski definition) is 7. The highest BCUT2D eigenvalue weighted by Crippen LogP contribution is 2.17. The van der Waals surface area contributed by atoms with Gasteiger partial charge in [0.25, 0.3) is 5.69 Å². The van der Waals surface area contributed by atoms with E-state index in [1.54, 1.807) is 0 Å². The van der Waals surface area contributed by atoms with Crippen LogP contribution in [-0.2, 0) is 9.47 Å². The summed E-state index contributed by atoms with van der Waals surface area (Å²) in [6.45, 7) is -0.444. The van der Waals surface area contributed by atoms with E-state index in [1.165, 1.54) is 31.4 Å². The van der Waals surface area contributed by atoms with Crippen molar-refractivity contribution in [1.29, 1.82) is 0 Å². The zero-order chi connectivity index (χ0) is 14.3. The highest BCUT2D eigenvalue weighted by atomic mass is 16.7. The molecule has 0 aliphatic carbocycles. The van der Waals surface area contributed by atoms with E-state index in [0.717, 1.165) is 0 Å². The normalized spacial score (nSPS) is 11.7. The summed E-state index contributed by atoms with van der Waals surface area (Å²) in [5, 5.41) is 19.2. The molecule has 1 unspecified atom stereocenters. The molecule has 0 fully saturated rings. The number of methoxy groups -OCH3 is 1. The summed E-state index contributed by atoms with van der Waals surface area (Å²) < 4.78 is 14.2. The molecule has 1 aromatic carbocycles. The Morgan fingerprint density at radius 1 is 1.42 bits per heavy atom. The number of non-ortho nitro benzene ring substituents is 1. The Bertz CT molecular complexity index is 427. The Kier molecular flexibility index (Phi) is 5.71. The quantitative estimate of drug-likeness (QED) is 0.357. The fraction of sp³-hybridized carbons (Fsp3) is 0.364. The average Bonchev–Trinajstić information content (AvgIpc) is 2.40. The minimum atomic E-state index is -0.982. The Morgan fingerprint density at radius 3 is 2.53 bits per heavy atom. The van der Waals surface area contributed by atoms with E-state index in [9.17, 15) is 14.9 Å². The van der Waals surface area contributed by atoms with Gasteiger partial charge in [0.1, 0.15) is 18.5 Å². The van der Waals surface area contributed by atoms with E-state index in [2.05, 4.69) is 4.74 Å². The molecule has 1 rings (SSSR count). The second kappa shape index (κ2) is 7.29. The van der Waals surface area contributed by atoms with Crippen molar-refractivity contribution in [3.63, 3.8) is 0 Å². The molecule has 8 nitrogen and oxygen atoms in total. The van der Waals surface area contributed by atoms with Crippen molar-refractivity contribution in [2.45, 2.75) is 6.10 Å². The van der Waals surface area contributed by atoms with Gasteiger partial charge in [-0.2, -0.15) is 0 Å². The number of nitro benzene ring substituents is 1. The number of rotatable bonds is 6. The molecule has 1 atom stereocenters. The molecule has 1 aromatic rings. The fourth-order valence-corrected chi connectivity index (χ4v) is 1.12. The number of ether oxygens (including phenoxy) is 3. The zero-order valence-corrected chi connectivity index (χ0v) is 10.1. The lowest BCUT2D eigenvalue weighted by Gasteiger charge is -2.12. The van der Waals surface area contributed by atoms with Gasteiger partial charge in [-0.1, -0.05) is 0 Å². The smallest absolute Gasteiger partial charge is 0.431 e. The van der Waals surface area contributed by atoms with Crippen molar-refractivity contribution in [3.05, 3.63) is 34.4 Å². The molecule has 0 aromatic heterocycles. The summed E-state index contributed by atoms with van der Waals surface area (Å²) in [7, 11) is 1.37. The van der Waals surface area contributed by atoms with Crippen LogP contribution in [0.25, 0.3) is 0 Å². The molecule has 0 aliphatic rings. The molecule has 8 heteroatoms. The molecule has 104 valence electrons. The van der Waals surface area contributed by atoms with Crippen LogP contribution in [0.2, 0.25) is 0 Å². The monoisotopic (exact) mass is 271 g/mol. The summed E-state index contributed by atoms with van der Waals surface area (Å²) in [6, 6.07) is 4.96. The second-order valence-corrected chi connectivity index (χ2v) is 3.45. The van der Waals surface area contributed by atoms with E-state index in [4.69, 9.17) is 14.6 Å². The lowest BCUT2D eigenvalue weighted by molar-refractivity contribution is -0.384. The third kappa shape index (κ3) is 4.90. The maximum Gasteiger partial charge on any atom is 0.513 e. The Labute approximate surface area is 108 Å². The van der Waals surface area contributed by atoms with E-state index in [1.807, 2.05) is 0 Å². The third-order valence-electron chi connectivity index (χ3n) is 2.17. The largest absolute Gasteiger partial charge is 0.513 e. The number of carbonyl (C=O) groups is 1. The number of hydrogen-bond donors (Lipinski definition) is 1. The topological polar surface area (TPSA) is 108 Å². The Hall–Kier alpha value is -2.19. The summed E-state index contributed by atoms with van der Waals surface area (Å²) in [5.41, 5.74) is -0.111. The number of nitrogens with zero attached hydrogens (tertiary/aromatic N) is 1. The predicted octanol–water partition coefficient (Wildman–Crippen LogP) is 1.12. The van der Waals surface area contributed by atoms with Gasteiger partial charge in [-0.25, -0.2) is 4.79 Å². The molecule has 0 spiro atoms. The van der Waals surface area contributed by atoms with Gasteiger partial charge < -0.3 is 19.3 Å². The van der Waals surface area contributed by atoms with Crippen molar-refractivity contribution in [3.8, 4) is 5.75 Å². The summed E-state index contributed by atoms with van der Waals surface area (Å²) >= 11 is 0. The van der Waals surface area contributed by atoms with Crippen LogP contribution in [0, 0.1) is 10.1 Å². The molecule has 0 radical (unpaired) electrons. The van der Waals surface area contributed by atoms with Gasteiger partial charge in [0, 0.05) is 19.2 Å². The fourth-order valence-electron chi connectivity index (χ4n) is 1.12. The highest BCUT2D eigenvalue weighted by molar-refractivity contribution is 5.64. The van der Waals surface area contributed by atoms with Crippen LogP contribution < -0.4 is 4.74 Å². The van der Waals surface area contributed by atoms with Gasteiger partial charge in [0.05, 0.1) is 11.5 Å². The van der Waals surface area contributed by atoms with Crippen LogP contribution in [0.5, 0.6) is 5.75 Å². The lowest BCUT2D eigenvalue weighted by Crippen LogP contribution is -2.25. The van der Waals surface area contributed by atoms with E-state index in [-0.39, 0.29) is 24.7 Å². The molecule has 0 heterocycles. The Balaban J connectivity index is 2.46. The minimum absolute atomic E-state index is 0.111. The highest BCUT2D eigenvalue weighted by Gasteiger charge is 2.12. The molecule has 0 saturated carbocycles. The summed E-state index contributed by atoms with van der Waals surface area (Å²) in [5.74, 6) is 0.119. The van der Waals surface area contributed by atoms with Crippen LogP contribution in [0.4, 0.5) is 10.5 Å². The van der Waals surface area contributed by atoms with E-state index < -0.39 is 17.2 Å². The number of nitro groups is 1. The first-order chi connectivity index (χ1) is 9.06. The summed E-state index contributed by atoms with van der Waals surface area (Å²) in [6.07, 6.45) is -1.60. The third-order valence-corrected chi connectivity index (χ3v) is 2.17. The first-order valence-corrected chi connectivity index (χ1v) is 5.29. The number of aliphatic hydroxyl groups excluding tert-OH is 1. The van der Waals surface area contributed by atoms with Crippen LogP contribution in [0.15, 0.2) is 24.3 Å². The van der Waals surface area contributed by atoms with Crippen molar-refractivity contribution in [2.24, 2.45) is 0 Å². The molecule has 0 amide bonds. The standard InChI is InChI=1S/C11H13NO7/c1-17-10(6-13)7-18-11(14)19-9-4-2-8(3-5-9)12(15)16/h2-5,10,13H,6-7H2,1H3. The summed E-state index contributed by atoms with van der Waals surface area (Å²) in [4.78, 5) is 21.1. The van der Waals surface area contributed by atoms with Crippen LogP contribution >= 0.6 is 0 Å². The van der Waals surface area contributed by atoms with Gasteiger partial charge >= 0.3 is 6.16 Å². The van der Waals surface area contributed by atoms with Gasteiger partial charge in [-0.05, 0) is 12.1 Å². The number of aliphatic hydroxyl groups is 1. The number of benzene rings is 1. The molecular formula is C11H13NO7. The lowest BCUT2D eigenvalue weighted by atomic mass is 10.3. The average molecular weight is 271 g/mol. The minimum Gasteiger partial charge on any atom is -0.431 e. The van der Waals surface area contributed by atoms with Crippen molar-refractivity contribution >= 4 is 11.8 Å². The van der Waals surface area contributed by atoms with E-state index >= 15 is 0 Å². The second-order valence-electron chi connectivity index (χ2n) is 3.45. The van der Waals surface area contributed by atoms with Gasteiger partial charge in [-0.3, -0.25) is 10.1 Å². The molecule has 19 heavy (non-hydrogen) atoms. The van der Waals surface area contributed by atoms with Crippen LogP contribution in [0.1, 0.15) is 0 Å².